The summed E-state index contributed by atoms with van der Waals surface area (Å²) in [6, 6.07) is 9.43. The predicted molar refractivity (Wildman–Crippen MR) is 62.5 cm³/mol. The van der Waals surface area contributed by atoms with Crippen molar-refractivity contribution in [1.82, 2.24) is 4.90 Å². The summed E-state index contributed by atoms with van der Waals surface area (Å²) in [6.45, 7) is 1.66. The molecule has 0 atom stereocenters. The molecule has 1 rings (SSSR count). The number of rotatable bonds is 3. The summed E-state index contributed by atoms with van der Waals surface area (Å²) in [4.78, 5) is 12.3. The van der Waals surface area contributed by atoms with Crippen LogP contribution in [-0.4, -0.2) is 29.6 Å². The Morgan fingerprint density at radius 1 is 1.40 bits per heavy atom. The molecule has 0 saturated heterocycles. The largest absolute Gasteiger partial charge is 0.462 e. The van der Waals surface area contributed by atoms with Gasteiger partial charge in [-0.25, -0.2) is 0 Å². The van der Waals surface area contributed by atoms with Crippen LogP contribution in [0.2, 0.25) is 0 Å². The Balaban J connectivity index is 2.47. The Morgan fingerprint density at radius 2 is 2.00 bits per heavy atom. The maximum Gasteiger partial charge on any atom is 0.221 e. The number of amides is 1. The van der Waals surface area contributed by atoms with Crippen LogP contribution in [0.4, 0.5) is 0 Å². The molecule has 0 aliphatic heterocycles. The summed E-state index contributed by atoms with van der Waals surface area (Å²) in [5.74, 6) is -0.0501. The first-order chi connectivity index (χ1) is 7.11. The van der Waals surface area contributed by atoms with Crippen LogP contribution in [0.5, 0.6) is 0 Å². The number of nitrogens with zero attached hydrogens (tertiary/aromatic N) is 1. The second-order valence-electron chi connectivity index (χ2n) is 3.14. The van der Waals surface area contributed by atoms with Crippen molar-refractivity contribution in [1.29, 1.82) is 0 Å². The first-order valence-corrected chi connectivity index (χ1v) is 4.96. The molecular formula is C11H13NO2S. The van der Waals surface area contributed by atoms with E-state index in [9.17, 15) is 4.79 Å². The fourth-order valence-corrected chi connectivity index (χ4v) is 1.09. The third-order valence-electron chi connectivity index (χ3n) is 1.94. The van der Waals surface area contributed by atoms with Crippen LogP contribution in [0.1, 0.15) is 12.5 Å². The number of ether oxygens (including phenoxy) is 1. The zero-order chi connectivity index (χ0) is 11.3. The lowest BCUT2D eigenvalue weighted by Crippen LogP contribution is -2.27. The van der Waals surface area contributed by atoms with Gasteiger partial charge in [0.25, 0.3) is 0 Å². The molecule has 3 nitrogen and oxygen atoms in total. The maximum absolute atomic E-state index is 10.9. The molecule has 0 aliphatic carbocycles. The molecule has 1 aromatic carbocycles. The summed E-state index contributed by atoms with van der Waals surface area (Å²) in [5, 5.41) is 0.406. The highest BCUT2D eigenvalue weighted by molar-refractivity contribution is 7.80. The molecule has 4 heteroatoms. The number of thiocarbonyl (C=S) groups is 1. The minimum absolute atomic E-state index is 0.0501. The van der Waals surface area contributed by atoms with Gasteiger partial charge >= 0.3 is 0 Å². The molecule has 0 unspecified atom stereocenters. The lowest BCUT2D eigenvalue weighted by Gasteiger charge is -2.15. The third kappa shape index (κ3) is 3.67. The lowest BCUT2D eigenvalue weighted by molar-refractivity contribution is -0.130. The predicted octanol–water partition coefficient (Wildman–Crippen LogP) is 1.81. The van der Waals surface area contributed by atoms with E-state index in [1.54, 1.807) is 7.05 Å². The molecule has 1 aromatic rings. The first kappa shape index (κ1) is 11.7. The van der Waals surface area contributed by atoms with E-state index in [0.717, 1.165) is 5.56 Å². The van der Waals surface area contributed by atoms with Gasteiger partial charge in [0.2, 0.25) is 5.91 Å². The van der Waals surface area contributed by atoms with Crippen molar-refractivity contribution in [2.75, 3.05) is 13.8 Å². The van der Waals surface area contributed by atoms with Crippen LogP contribution >= 0.6 is 12.2 Å². The first-order valence-electron chi connectivity index (χ1n) is 4.55. The molecule has 0 fully saturated rings. The monoisotopic (exact) mass is 223 g/mol. The molecule has 0 N–H and O–H groups in total. The number of hydrogen-bond donors (Lipinski definition) is 0. The summed E-state index contributed by atoms with van der Waals surface area (Å²) in [7, 11) is 1.66. The van der Waals surface area contributed by atoms with Gasteiger partial charge < -0.3 is 9.64 Å². The SMILES string of the molecule is CC(=O)N(C)COC(=S)c1ccccc1. The molecule has 1 amide bonds. The summed E-state index contributed by atoms with van der Waals surface area (Å²) >= 11 is 5.07. The van der Waals surface area contributed by atoms with E-state index >= 15 is 0 Å². The standard InChI is InChI=1S/C11H13NO2S/c1-9(13)12(2)8-14-11(15)10-6-4-3-5-7-10/h3-7H,8H2,1-2H3. The van der Waals surface area contributed by atoms with E-state index in [1.165, 1.54) is 11.8 Å². The fourth-order valence-electron chi connectivity index (χ4n) is 0.904. The lowest BCUT2D eigenvalue weighted by atomic mass is 10.2. The van der Waals surface area contributed by atoms with Crippen LogP contribution < -0.4 is 0 Å². The highest BCUT2D eigenvalue weighted by Crippen LogP contribution is 2.02. The van der Waals surface area contributed by atoms with Crippen molar-refractivity contribution in [3.8, 4) is 0 Å². The van der Waals surface area contributed by atoms with E-state index in [2.05, 4.69) is 0 Å². The van der Waals surface area contributed by atoms with Gasteiger partial charge in [-0.2, -0.15) is 0 Å². The molecule has 0 heterocycles. The number of benzene rings is 1. The highest BCUT2D eigenvalue weighted by Gasteiger charge is 2.05. The van der Waals surface area contributed by atoms with E-state index in [0.29, 0.717) is 5.05 Å². The molecule has 0 bridgehead atoms. The van der Waals surface area contributed by atoms with Crippen molar-refractivity contribution in [2.24, 2.45) is 0 Å². The highest BCUT2D eigenvalue weighted by atomic mass is 32.1. The van der Waals surface area contributed by atoms with Crippen LogP contribution in [-0.2, 0) is 9.53 Å². The number of carbonyl (C=O) groups excluding carboxylic acids is 1. The molecule has 80 valence electrons. The van der Waals surface area contributed by atoms with Gasteiger partial charge in [-0.15, -0.1) is 0 Å². The van der Waals surface area contributed by atoms with Gasteiger partial charge in [-0.1, -0.05) is 30.3 Å². The van der Waals surface area contributed by atoms with Crippen LogP contribution in [0.15, 0.2) is 30.3 Å². The minimum Gasteiger partial charge on any atom is -0.462 e. The van der Waals surface area contributed by atoms with Gasteiger partial charge in [0.05, 0.1) is 0 Å². The van der Waals surface area contributed by atoms with Crippen molar-refractivity contribution in [2.45, 2.75) is 6.92 Å². The van der Waals surface area contributed by atoms with Crippen molar-refractivity contribution in [3.05, 3.63) is 35.9 Å². The molecule has 0 radical (unpaired) electrons. The normalized spacial score (nSPS) is 9.47. The second kappa shape index (κ2) is 5.46. The van der Waals surface area contributed by atoms with Crippen molar-refractivity contribution < 1.29 is 9.53 Å². The van der Waals surface area contributed by atoms with Crippen LogP contribution in [0.3, 0.4) is 0 Å². The Kier molecular flexibility index (Phi) is 4.24. The summed E-state index contributed by atoms with van der Waals surface area (Å²) < 4.78 is 5.29. The molecule has 15 heavy (non-hydrogen) atoms. The molecule has 0 aromatic heterocycles. The molecule has 0 aliphatic rings. The summed E-state index contributed by atoms with van der Waals surface area (Å²) in [6.07, 6.45) is 0. The average Bonchev–Trinajstić information content (AvgIpc) is 2.26. The van der Waals surface area contributed by atoms with E-state index in [4.69, 9.17) is 17.0 Å². The third-order valence-corrected chi connectivity index (χ3v) is 2.29. The van der Waals surface area contributed by atoms with Gasteiger partial charge in [0, 0.05) is 19.5 Å². The zero-order valence-corrected chi connectivity index (χ0v) is 9.58. The second-order valence-corrected chi connectivity index (χ2v) is 3.51. The van der Waals surface area contributed by atoms with Gasteiger partial charge in [0.15, 0.2) is 11.8 Å². The summed E-state index contributed by atoms with van der Waals surface area (Å²) in [5.41, 5.74) is 0.851. The maximum atomic E-state index is 10.9. The fraction of sp³-hybridized carbons (Fsp3) is 0.273. The van der Waals surface area contributed by atoms with Gasteiger partial charge in [0.1, 0.15) is 0 Å². The molecule has 0 saturated carbocycles. The Bertz CT molecular complexity index is 351. The van der Waals surface area contributed by atoms with E-state index < -0.39 is 0 Å². The van der Waals surface area contributed by atoms with E-state index in [-0.39, 0.29) is 12.6 Å². The van der Waals surface area contributed by atoms with Crippen LogP contribution in [0, 0.1) is 0 Å². The zero-order valence-electron chi connectivity index (χ0n) is 8.77. The van der Waals surface area contributed by atoms with Crippen molar-refractivity contribution in [3.63, 3.8) is 0 Å². The Labute approximate surface area is 94.6 Å². The topological polar surface area (TPSA) is 29.5 Å². The van der Waals surface area contributed by atoms with Crippen LogP contribution in [0.25, 0.3) is 0 Å². The molecular weight excluding hydrogens is 210 g/mol. The number of carbonyl (C=O) groups is 1. The van der Waals surface area contributed by atoms with E-state index in [1.807, 2.05) is 30.3 Å². The van der Waals surface area contributed by atoms with Crippen molar-refractivity contribution >= 4 is 23.2 Å². The van der Waals surface area contributed by atoms with Gasteiger partial charge in [-0.05, 0) is 12.2 Å². The van der Waals surface area contributed by atoms with Gasteiger partial charge in [-0.3, -0.25) is 4.79 Å². The number of hydrogen-bond acceptors (Lipinski definition) is 3. The smallest absolute Gasteiger partial charge is 0.221 e. The average molecular weight is 223 g/mol. The molecule has 0 spiro atoms. The Hall–Kier alpha value is -1.42. The Morgan fingerprint density at radius 3 is 2.53 bits per heavy atom. The minimum atomic E-state index is -0.0501. The quantitative estimate of drug-likeness (QED) is 0.578.